The quantitative estimate of drug-likeness (QED) is 0.755. The number of hydrogen-bond donors (Lipinski definition) is 1. The van der Waals surface area contributed by atoms with Crippen LogP contribution in [0.15, 0.2) is 18.2 Å². The van der Waals surface area contributed by atoms with Gasteiger partial charge >= 0.3 is 0 Å². The lowest BCUT2D eigenvalue weighted by Gasteiger charge is -2.16. The van der Waals surface area contributed by atoms with E-state index in [2.05, 4.69) is 6.07 Å². The number of nitriles is 1. The Morgan fingerprint density at radius 2 is 2.10 bits per heavy atom. The molecule has 20 heavy (non-hydrogen) atoms. The number of halogens is 1. The summed E-state index contributed by atoms with van der Waals surface area (Å²) >= 11 is 5.97. The van der Waals surface area contributed by atoms with Gasteiger partial charge in [0.25, 0.3) is 0 Å². The highest BCUT2D eigenvalue weighted by Crippen LogP contribution is 2.28. The van der Waals surface area contributed by atoms with Crippen LogP contribution in [0, 0.1) is 16.7 Å². The van der Waals surface area contributed by atoms with E-state index in [-0.39, 0.29) is 11.5 Å². The molecule has 0 unspecified atom stereocenters. The number of unbranched alkanes of at least 4 members (excludes halogenated alkanes) is 1. The van der Waals surface area contributed by atoms with Crippen LogP contribution in [-0.2, 0) is 0 Å². The highest BCUT2D eigenvalue weighted by atomic mass is 35.5. The summed E-state index contributed by atoms with van der Waals surface area (Å²) in [6, 6.07) is 7.71. The minimum Gasteiger partial charge on any atom is -0.493 e. The summed E-state index contributed by atoms with van der Waals surface area (Å²) in [5.41, 5.74) is 6.59. The standard InChI is InChI=1S/C16H23ClN2O/c1-12(19)14-10-13(17)6-7-15(14)20-9-5-4-8-16(2,3)11-18/h6-7,10,12H,4-5,8-9,19H2,1-3H3/t12-/m0/s1. The van der Waals surface area contributed by atoms with Crippen molar-refractivity contribution in [3.63, 3.8) is 0 Å². The van der Waals surface area contributed by atoms with Gasteiger partial charge in [0.05, 0.1) is 18.1 Å². The number of benzene rings is 1. The van der Waals surface area contributed by atoms with E-state index in [1.54, 1.807) is 0 Å². The molecule has 4 heteroatoms. The van der Waals surface area contributed by atoms with Crippen molar-refractivity contribution >= 4 is 11.6 Å². The second-order valence-electron chi connectivity index (χ2n) is 5.77. The number of hydrogen-bond acceptors (Lipinski definition) is 3. The SMILES string of the molecule is C[C@H](N)c1cc(Cl)ccc1OCCCCC(C)(C)C#N. The van der Waals surface area contributed by atoms with Crippen LogP contribution in [-0.4, -0.2) is 6.61 Å². The minimum atomic E-state index is -0.253. The molecule has 0 aliphatic rings. The molecule has 1 aromatic rings. The molecular formula is C16H23ClN2O. The van der Waals surface area contributed by atoms with Crippen LogP contribution in [0.4, 0.5) is 0 Å². The molecule has 0 heterocycles. The first-order valence-corrected chi connectivity index (χ1v) is 7.32. The number of rotatable bonds is 7. The summed E-state index contributed by atoms with van der Waals surface area (Å²) in [5, 5.41) is 9.61. The van der Waals surface area contributed by atoms with Gasteiger partial charge in [0.1, 0.15) is 5.75 Å². The maximum absolute atomic E-state index is 8.94. The molecule has 0 aliphatic heterocycles. The van der Waals surface area contributed by atoms with Crippen molar-refractivity contribution in [2.45, 2.75) is 46.1 Å². The van der Waals surface area contributed by atoms with Gasteiger partial charge in [-0.25, -0.2) is 0 Å². The topological polar surface area (TPSA) is 59.0 Å². The van der Waals surface area contributed by atoms with Crippen LogP contribution < -0.4 is 10.5 Å². The molecule has 0 saturated heterocycles. The zero-order valence-corrected chi connectivity index (χ0v) is 13.2. The molecule has 1 atom stereocenters. The first-order valence-electron chi connectivity index (χ1n) is 6.95. The largest absolute Gasteiger partial charge is 0.493 e. The van der Waals surface area contributed by atoms with E-state index < -0.39 is 0 Å². The predicted octanol–water partition coefficient (Wildman–Crippen LogP) is 4.46. The van der Waals surface area contributed by atoms with E-state index in [9.17, 15) is 0 Å². The Morgan fingerprint density at radius 1 is 1.40 bits per heavy atom. The van der Waals surface area contributed by atoms with Crippen LogP contribution in [0.1, 0.15) is 51.6 Å². The highest BCUT2D eigenvalue weighted by Gasteiger charge is 2.15. The lowest BCUT2D eigenvalue weighted by atomic mass is 9.89. The van der Waals surface area contributed by atoms with Gasteiger partial charge in [-0.05, 0) is 58.2 Å². The maximum Gasteiger partial charge on any atom is 0.124 e. The Bertz CT molecular complexity index is 478. The summed E-state index contributed by atoms with van der Waals surface area (Å²) in [6.45, 7) is 6.46. The van der Waals surface area contributed by atoms with Crippen molar-refractivity contribution in [2.24, 2.45) is 11.1 Å². The molecule has 2 N–H and O–H groups in total. The molecule has 0 amide bonds. The molecule has 0 saturated carbocycles. The van der Waals surface area contributed by atoms with Gasteiger partial charge in [-0.15, -0.1) is 0 Å². The van der Waals surface area contributed by atoms with Crippen molar-refractivity contribution in [3.8, 4) is 11.8 Å². The average molecular weight is 295 g/mol. The average Bonchev–Trinajstić information content (AvgIpc) is 2.39. The normalized spacial score (nSPS) is 12.8. The third-order valence-corrected chi connectivity index (χ3v) is 3.45. The van der Waals surface area contributed by atoms with Gasteiger partial charge in [-0.2, -0.15) is 5.26 Å². The Hall–Kier alpha value is -1.24. The maximum atomic E-state index is 8.94. The van der Waals surface area contributed by atoms with Crippen molar-refractivity contribution in [1.82, 2.24) is 0 Å². The molecular weight excluding hydrogens is 272 g/mol. The van der Waals surface area contributed by atoms with E-state index in [0.29, 0.717) is 11.6 Å². The number of nitrogens with zero attached hydrogens (tertiary/aromatic N) is 1. The highest BCUT2D eigenvalue weighted by molar-refractivity contribution is 6.30. The third-order valence-electron chi connectivity index (χ3n) is 3.22. The molecule has 3 nitrogen and oxygen atoms in total. The number of ether oxygens (including phenoxy) is 1. The molecule has 0 spiro atoms. The summed E-state index contributed by atoms with van der Waals surface area (Å²) < 4.78 is 5.78. The van der Waals surface area contributed by atoms with E-state index in [1.165, 1.54) is 0 Å². The summed E-state index contributed by atoms with van der Waals surface area (Å²) in [4.78, 5) is 0. The Kier molecular flexibility index (Phi) is 6.32. The fourth-order valence-corrected chi connectivity index (χ4v) is 2.09. The van der Waals surface area contributed by atoms with Crippen LogP contribution >= 0.6 is 11.6 Å². The summed E-state index contributed by atoms with van der Waals surface area (Å²) in [7, 11) is 0. The van der Waals surface area contributed by atoms with Crippen LogP contribution in [0.25, 0.3) is 0 Å². The molecule has 1 rings (SSSR count). The predicted molar refractivity (Wildman–Crippen MR) is 82.8 cm³/mol. The fraction of sp³-hybridized carbons (Fsp3) is 0.562. The second-order valence-corrected chi connectivity index (χ2v) is 6.21. The molecule has 1 aromatic carbocycles. The van der Waals surface area contributed by atoms with Gasteiger partial charge in [-0.3, -0.25) is 0 Å². The van der Waals surface area contributed by atoms with Gasteiger partial charge in [-0.1, -0.05) is 11.6 Å². The smallest absolute Gasteiger partial charge is 0.124 e. The lowest BCUT2D eigenvalue weighted by Crippen LogP contribution is -2.10. The van der Waals surface area contributed by atoms with Gasteiger partial charge in [0.2, 0.25) is 0 Å². The van der Waals surface area contributed by atoms with E-state index in [4.69, 9.17) is 27.3 Å². The minimum absolute atomic E-state index is 0.110. The van der Waals surface area contributed by atoms with Gasteiger partial charge < -0.3 is 10.5 Å². The second kappa shape index (κ2) is 7.52. The summed E-state index contributed by atoms with van der Waals surface area (Å²) in [5.74, 6) is 0.795. The van der Waals surface area contributed by atoms with Crippen molar-refractivity contribution < 1.29 is 4.74 Å². The van der Waals surface area contributed by atoms with Crippen molar-refractivity contribution in [1.29, 1.82) is 5.26 Å². The fourth-order valence-electron chi connectivity index (χ4n) is 1.91. The van der Waals surface area contributed by atoms with Crippen LogP contribution in [0.2, 0.25) is 5.02 Å². The Morgan fingerprint density at radius 3 is 2.70 bits per heavy atom. The van der Waals surface area contributed by atoms with Crippen LogP contribution in [0.5, 0.6) is 5.75 Å². The zero-order valence-electron chi connectivity index (χ0n) is 12.4. The summed E-state index contributed by atoms with van der Waals surface area (Å²) in [6.07, 6.45) is 2.78. The third kappa shape index (κ3) is 5.40. The van der Waals surface area contributed by atoms with Gasteiger partial charge in [0.15, 0.2) is 0 Å². The lowest BCUT2D eigenvalue weighted by molar-refractivity contribution is 0.291. The van der Waals surface area contributed by atoms with E-state index in [1.807, 2.05) is 39.0 Å². The first-order chi connectivity index (χ1) is 9.35. The molecule has 0 bridgehead atoms. The molecule has 0 radical (unpaired) electrons. The van der Waals surface area contributed by atoms with Crippen molar-refractivity contribution in [2.75, 3.05) is 6.61 Å². The zero-order chi connectivity index (χ0) is 15.2. The first kappa shape index (κ1) is 16.8. The molecule has 0 aliphatic carbocycles. The van der Waals surface area contributed by atoms with E-state index in [0.717, 1.165) is 30.6 Å². The molecule has 0 fully saturated rings. The number of nitrogens with two attached hydrogens (primary N) is 1. The van der Waals surface area contributed by atoms with Gasteiger partial charge in [0, 0.05) is 16.6 Å². The monoisotopic (exact) mass is 294 g/mol. The Balaban J connectivity index is 2.45. The van der Waals surface area contributed by atoms with Crippen LogP contribution in [0.3, 0.4) is 0 Å². The van der Waals surface area contributed by atoms with E-state index >= 15 is 0 Å². The molecule has 110 valence electrons. The Labute approximate surface area is 126 Å². The molecule has 0 aromatic heterocycles. The van der Waals surface area contributed by atoms with Crippen molar-refractivity contribution in [3.05, 3.63) is 28.8 Å².